The maximum absolute atomic E-state index is 9.97. The molecule has 78 valence electrons. The summed E-state index contributed by atoms with van der Waals surface area (Å²) in [6.07, 6.45) is 2.42. The largest absolute Gasteiger partial charge is 0.508 e. The molecule has 2 nitrogen and oxygen atoms in total. The summed E-state index contributed by atoms with van der Waals surface area (Å²) in [7, 11) is 0. The van der Waals surface area contributed by atoms with Crippen molar-refractivity contribution in [2.75, 3.05) is 0 Å². The summed E-state index contributed by atoms with van der Waals surface area (Å²) in [5, 5.41) is 19.1. The lowest BCUT2D eigenvalue weighted by molar-refractivity contribution is 0.0505. The first kappa shape index (κ1) is 11.1. The zero-order valence-electron chi connectivity index (χ0n) is 8.83. The molecule has 0 spiro atoms. The Morgan fingerprint density at radius 2 is 1.79 bits per heavy atom. The zero-order valence-corrected chi connectivity index (χ0v) is 8.83. The summed E-state index contributed by atoms with van der Waals surface area (Å²) >= 11 is 0. The van der Waals surface area contributed by atoms with Gasteiger partial charge in [-0.2, -0.15) is 0 Å². The van der Waals surface area contributed by atoms with Gasteiger partial charge in [0.15, 0.2) is 0 Å². The fourth-order valence-electron chi connectivity index (χ4n) is 1.68. The molecule has 1 unspecified atom stereocenters. The molecule has 0 heterocycles. The summed E-state index contributed by atoms with van der Waals surface area (Å²) < 4.78 is 0. The monoisotopic (exact) mass is 194 g/mol. The third kappa shape index (κ3) is 3.38. The summed E-state index contributed by atoms with van der Waals surface area (Å²) in [5.41, 5.74) is 0.424. The van der Waals surface area contributed by atoms with Gasteiger partial charge in [0.05, 0.1) is 5.60 Å². The first-order valence-electron chi connectivity index (χ1n) is 5.04. The van der Waals surface area contributed by atoms with E-state index in [1.54, 1.807) is 12.1 Å². The van der Waals surface area contributed by atoms with Gasteiger partial charge in [0.25, 0.3) is 0 Å². The lowest BCUT2D eigenvalue weighted by Gasteiger charge is -2.22. The van der Waals surface area contributed by atoms with Crippen LogP contribution in [0.5, 0.6) is 5.75 Å². The third-order valence-electron chi connectivity index (χ3n) is 2.31. The number of aliphatic hydroxyl groups is 1. The van der Waals surface area contributed by atoms with Crippen molar-refractivity contribution in [2.45, 2.75) is 38.7 Å². The average molecular weight is 194 g/mol. The van der Waals surface area contributed by atoms with E-state index in [-0.39, 0.29) is 5.75 Å². The molecule has 0 saturated heterocycles. The number of phenolic OH excluding ortho intramolecular Hbond substituents is 1. The molecule has 0 fully saturated rings. The number of rotatable bonds is 4. The lowest BCUT2D eigenvalue weighted by atomic mass is 9.92. The molecule has 0 bridgehead atoms. The Balaban J connectivity index is 2.64. The first-order valence-corrected chi connectivity index (χ1v) is 5.04. The maximum Gasteiger partial charge on any atom is 0.115 e. The van der Waals surface area contributed by atoms with Crippen LogP contribution in [-0.2, 0) is 6.42 Å². The molecule has 0 aliphatic heterocycles. The number of aromatic hydroxyl groups is 1. The molecule has 1 atom stereocenters. The standard InChI is InChI=1S/C12H18O2/c1-3-8-12(2,14)9-10-4-6-11(13)7-5-10/h4-7,13-14H,3,8-9H2,1-2H3. The van der Waals surface area contributed by atoms with Gasteiger partial charge in [0, 0.05) is 6.42 Å². The second kappa shape index (κ2) is 4.47. The predicted octanol–water partition coefficient (Wildman–Crippen LogP) is 2.49. The Kier molecular flexibility index (Phi) is 3.53. The fourth-order valence-corrected chi connectivity index (χ4v) is 1.68. The normalized spacial score (nSPS) is 15.1. The van der Waals surface area contributed by atoms with E-state index >= 15 is 0 Å². The molecule has 1 rings (SSSR count). The second-order valence-electron chi connectivity index (χ2n) is 4.09. The van der Waals surface area contributed by atoms with Crippen LogP contribution in [0.15, 0.2) is 24.3 Å². The van der Waals surface area contributed by atoms with Gasteiger partial charge in [0.1, 0.15) is 5.75 Å². The van der Waals surface area contributed by atoms with Gasteiger partial charge >= 0.3 is 0 Å². The van der Waals surface area contributed by atoms with Gasteiger partial charge < -0.3 is 10.2 Å². The molecule has 0 aliphatic rings. The fraction of sp³-hybridized carbons (Fsp3) is 0.500. The van der Waals surface area contributed by atoms with Crippen molar-refractivity contribution in [1.29, 1.82) is 0 Å². The first-order chi connectivity index (χ1) is 6.53. The molecule has 14 heavy (non-hydrogen) atoms. The van der Waals surface area contributed by atoms with E-state index in [4.69, 9.17) is 5.11 Å². The zero-order chi connectivity index (χ0) is 10.6. The molecule has 1 aromatic rings. The summed E-state index contributed by atoms with van der Waals surface area (Å²) in [4.78, 5) is 0. The average Bonchev–Trinajstić information content (AvgIpc) is 2.08. The number of benzene rings is 1. The minimum atomic E-state index is -0.633. The highest BCUT2D eigenvalue weighted by Gasteiger charge is 2.19. The minimum absolute atomic E-state index is 0.267. The van der Waals surface area contributed by atoms with Crippen LogP contribution in [0.3, 0.4) is 0 Å². The highest BCUT2D eigenvalue weighted by Crippen LogP contribution is 2.19. The Bertz CT molecular complexity index is 275. The van der Waals surface area contributed by atoms with Crippen LogP contribution in [0.4, 0.5) is 0 Å². The van der Waals surface area contributed by atoms with E-state index in [1.807, 2.05) is 19.1 Å². The van der Waals surface area contributed by atoms with Gasteiger partial charge in [-0.3, -0.25) is 0 Å². The Hall–Kier alpha value is -1.02. The Labute approximate surface area is 85.2 Å². The SMILES string of the molecule is CCCC(C)(O)Cc1ccc(O)cc1. The smallest absolute Gasteiger partial charge is 0.115 e. The topological polar surface area (TPSA) is 40.5 Å². The van der Waals surface area contributed by atoms with Crippen molar-refractivity contribution in [2.24, 2.45) is 0 Å². The van der Waals surface area contributed by atoms with Gasteiger partial charge in [0.2, 0.25) is 0 Å². The van der Waals surface area contributed by atoms with Crippen molar-refractivity contribution in [3.63, 3.8) is 0 Å². The summed E-state index contributed by atoms with van der Waals surface area (Å²) in [5.74, 6) is 0.267. The molecular weight excluding hydrogens is 176 g/mol. The number of phenols is 1. The van der Waals surface area contributed by atoms with Gasteiger partial charge in [-0.05, 0) is 31.0 Å². The van der Waals surface area contributed by atoms with Crippen LogP contribution in [0.2, 0.25) is 0 Å². The minimum Gasteiger partial charge on any atom is -0.508 e. The van der Waals surface area contributed by atoms with E-state index in [9.17, 15) is 5.11 Å². The van der Waals surface area contributed by atoms with Gasteiger partial charge in [-0.1, -0.05) is 25.5 Å². The predicted molar refractivity (Wildman–Crippen MR) is 57.3 cm³/mol. The molecular formula is C12H18O2. The summed E-state index contributed by atoms with van der Waals surface area (Å²) in [6.45, 7) is 3.91. The lowest BCUT2D eigenvalue weighted by Crippen LogP contribution is -2.26. The van der Waals surface area contributed by atoms with Gasteiger partial charge in [-0.15, -0.1) is 0 Å². The molecule has 2 heteroatoms. The van der Waals surface area contributed by atoms with E-state index in [2.05, 4.69) is 6.92 Å². The van der Waals surface area contributed by atoms with E-state index in [0.717, 1.165) is 18.4 Å². The molecule has 0 aromatic heterocycles. The van der Waals surface area contributed by atoms with E-state index in [1.165, 1.54) is 0 Å². The third-order valence-corrected chi connectivity index (χ3v) is 2.31. The van der Waals surface area contributed by atoms with Crippen molar-refractivity contribution < 1.29 is 10.2 Å². The quantitative estimate of drug-likeness (QED) is 0.773. The van der Waals surface area contributed by atoms with E-state index in [0.29, 0.717) is 6.42 Å². The molecule has 0 saturated carbocycles. The molecule has 1 aromatic carbocycles. The molecule has 2 N–H and O–H groups in total. The van der Waals surface area contributed by atoms with Crippen molar-refractivity contribution >= 4 is 0 Å². The highest BCUT2D eigenvalue weighted by atomic mass is 16.3. The second-order valence-corrected chi connectivity index (χ2v) is 4.09. The van der Waals surface area contributed by atoms with Crippen molar-refractivity contribution in [1.82, 2.24) is 0 Å². The van der Waals surface area contributed by atoms with Crippen LogP contribution in [-0.4, -0.2) is 15.8 Å². The number of hydrogen-bond donors (Lipinski definition) is 2. The Morgan fingerprint density at radius 3 is 2.29 bits per heavy atom. The molecule has 0 amide bonds. The van der Waals surface area contributed by atoms with Crippen molar-refractivity contribution in [3.8, 4) is 5.75 Å². The van der Waals surface area contributed by atoms with Crippen LogP contribution >= 0.6 is 0 Å². The highest BCUT2D eigenvalue weighted by molar-refractivity contribution is 5.26. The van der Waals surface area contributed by atoms with Crippen LogP contribution in [0.25, 0.3) is 0 Å². The molecule has 0 aliphatic carbocycles. The maximum atomic E-state index is 9.97. The molecule has 0 radical (unpaired) electrons. The Morgan fingerprint density at radius 1 is 1.21 bits per heavy atom. The van der Waals surface area contributed by atoms with Crippen LogP contribution in [0.1, 0.15) is 32.3 Å². The van der Waals surface area contributed by atoms with Crippen LogP contribution in [0, 0.1) is 0 Å². The summed E-state index contributed by atoms with van der Waals surface area (Å²) in [6, 6.07) is 6.99. The van der Waals surface area contributed by atoms with Crippen molar-refractivity contribution in [3.05, 3.63) is 29.8 Å². The van der Waals surface area contributed by atoms with Gasteiger partial charge in [-0.25, -0.2) is 0 Å². The van der Waals surface area contributed by atoms with E-state index < -0.39 is 5.60 Å². The van der Waals surface area contributed by atoms with Crippen LogP contribution < -0.4 is 0 Å². The number of hydrogen-bond acceptors (Lipinski definition) is 2.